The van der Waals surface area contributed by atoms with E-state index in [4.69, 9.17) is 11.6 Å². The number of carbonyl (C=O) groups is 1. The number of benzene rings is 1. The van der Waals surface area contributed by atoms with Crippen LogP contribution in [0.5, 0.6) is 0 Å². The second kappa shape index (κ2) is 5.33. The van der Waals surface area contributed by atoms with Crippen molar-refractivity contribution in [3.8, 4) is 0 Å². The monoisotopic (exact) mass is 283 g/mol. The van der Waals surface area contributed by atoms with Crippen molar-refractivity contribution in [2.24, 2.45) is 5.92 Å². The van der Waals surface area contributed by atoms with Crippen LogP contribution in [0.1, 0.15) is 18.4 Å². The molecule has 0 amide bonds. The van der Waals surface area contributed by atoms with Crippen LogP contribution in [-0.4, -0.2) is 23.8 Å². The SMILES string of the molecule is Cl.O=C1C(=Cc2ccccc2Cl)N2CCC1CC2. The minimum absolute atomic E-state index is 0. The zero-order valence-electron chi connectivity index (χ0n) is 9.93. The van der Waals surface area contributed by atoms with Gasteiger partial charge in [0.15, 0.2) is 5.78 Å². The van der Waals surface area contributed by atoms with Crippen LogP contribution in [0.15, 0.2) is 30.0 Å². The van der Waals surface area contributed by atoms with Gasteiger partial charge in [0.05, 0.1) is 5.70 Å². The molecule has 0 radical (unpaired) electrons. The standard InChI is InChI=1S/C14H14ClNO.ClH/c15-12-4-2-1-3-11(12)9-13-14(17)10-5-7-16(13)8-6-10;/h1-4,9-10H,5-8H2;1H. The minimum Gasteiger partial charge on any atom is -0.369 e. The summed E-state index contributed by atoms with van der Waals surface area (Å²) in [6, 6.07) is 7.65. The molecule has 3 aliphatic rings. The van der Waals surface area contributed by atoms with Gasteiger partial charge in [-0.2, -0.15) is 0 Å². The van der Waals surface area contributed by atoms with Gasteiger partial charge in [0.2, 0.25) is 0 Å². The maximum Gasteiger partial charge on any atom is 0.182 e. The molecule has 0 N–H and O–H groups in total. The number of allylic oxidation sites excluding steroid dienone is 1. The van der Waals surface area contributed by atoms with Gasteiger partial charge in [0.25, 0.3) is 0 Å². The van der Waals surface area contributed by atoms with Gasteiger partial charge in [-0.3, -0.25) is 4.79 Å². The quantitative estimate of drug-likeness (QED) is 0.737. The van der Waals surface area contributed by atoms with Gasteiger partial charge < -0.3 is 4.90 Å². The van der Waals surface area contributed by atoms with Crippen LogP contribution in [0.4, 0.5) is 0 Å². The van der Waals surface area contributed by atoms with Crippen LogP contribution in [0.2, 0.25) is 5.02 Å². The van der Waals surface area contributed by atoms with Gasteiger partial charge >= 0.3 is 0 Å². The van der Waals surface area contributed by atoms with E-state index in [1.54, 1.807) is 0 Å². The fourth-order valence-corrected chi connectivity index (χ4v) is 2.84. The topological polar surface area (TPSA) is 20.3 Å². The van der Waals surface area contributed by atoms with Gasteiger partial charge in [-0.15, -0.1) is 12.4 Å². The zero-order chi connectivity index (χ0) is 11.8. The molecule has 18 heavy (non-hydrogen) atoms. The first kappa shape index (κ1) is 13.4. The number of rotatable bonds is 1. The van der Waals surface area contributed by atoms with Crippen molar-refractivity contribution in [3.05, 3.63) is 40.5 Å². The average molecular weight is 284 g/mol. The molecule has 1 aromatic rings. The lowest BCUT2D eigenvalue weighted by molar-refractivity contribution is -0.125. The van der Waals surface area contributed by atoms with Crippen LogP contribution in [0.25, 0.3) is 6.08 Å². The van der Waals surface area contributed by atoms with Crippen LogP contribution in [0.3, 0.4) is 0 Å². The Morgan fingerprint density at radius 2 is 1.89 bits per heavy atom. The van der Waals surface area contributed by atoms with Crippen molar-refractivity contribution in [2.45, 2.75) is 12.8 Å². The molecule has 3 fully saturated rings. The smallest absolute Gasteiger partial charge is 0.182 e. The summed E-state index contributed by atoms with van der Waals surface area (Å²) in [6.45, 7) is 2.01. The van der Waals surface area contributed by atoms with Crippen LogP contribution in [0, 0.1) is 5.92 Å². The van der Waals surface area contributed by atoms with E-state index in [1.165, 1.54) is 0 Å². The van der Waals surface area contributed by atoms with E-state index in [2.05, 4.69) is 4.90 Å². The summed E-state index contributed by atoms with van der Waals surface area (Å²) in [5, 5.41) is 0.704. The minimum atomic E-state index is 0. The molecule has 3 heterocycles. The van der Waals surface area contributed by atoms with Crippen molar-refractivity contribution in [1.29, 1.82) is 0 Å². The molecule has 96 valence electrons. The first-order chi connectivity index (χ1) is 8.25. The largest absolute Gasteiger partial charge is 0.369 e. The highest BCUT2D eigenvalue weighted by Gasteiger charge is 2.36. The van der Waals surface area contributed by atoms with E-state index in [9.17, 15) is 4.79 Å². The molecule has 3 saturated heterocycles. The maximum atomic E-state index is 12.1. The number of Topliss-reactive ketones (excluding diaryl/α,β-unsaturated/α-hetero) is 1. The molecule has 1 aromatic carbocycles. The third kappa shape index (κ3) is 2.27. The fourth-order valence-electron chi connectivity index (χ4n) is 2.65. The summed E-state index contributed by atoms with van der Waals surface area (Å²) in [5.74, 6) is 0.538. The van der Waals surface area contributed by atoms with E-state index >= 15 is 0 Å². The number of halogens is 2. The number of ketones is 1. The molecule has 3 aliphatic heterocycles. The lowest BCUT2D eigenvalue weighted by Gasteiger charge is -2.41. The van der Waals surface area contributed by atoms with E-state index in [0.717, 1.165) is 37.2 Å². The van der Waals surface area contributed by atoms with E-state index < -0.39 is 0 Å². The molecule has 0 unspecified atom stereocenters. The Morgan fingerprint density at radius 3 is 2.50 bits per heavy atom. The molecule has 2 bridgehead atoms. The van der Waals surface area contributed by atoms with Crippen molar-refractivity contribution >= 4 is 35.9 Å². The number of nitrogens with zero attached hydrogens (tertiary/aromatic N) is 1. The Kier molecular flexibility index (Phi) is 3.98. The summed E-state index contributed by atoms with van der Waals surface area (Å²) >= 11 is 6.12. The summed E-state index contributed by atoms with van der Waals surface area (Å²) in [6.07, 6.45) is 3.97. The highest BCUT2D eigenvalue weighted by Crippen LogP contribution is 2.33. The number of hydrogen-bond donors (Lipinski definition) is 0. The first-order valence-corrected chi connectivity index (χ1v) is 6.39. The Bertz CT molecular complexity index is 490. The van der Waals surface area contributed by atoms with Crippen LogP contribution < -0.4 is 0 Å². The molecule has 4 heteroatoms. The van der Waals surface area contributed by atoms with Gasteiger partial charge in [-0.1, -0.05) is 29.8 Å². The molecule has 0 atom stereocenters. The van der Waals surface area contributed by atoms with E-state index in [1.807, 2.05) is 30.3 Å². The van der Waals surface area contributed by atoms with Crippen molar-refractivity contribution < 1.29 is 4.79 Å². The van der Waals surface area contributed by atoms with Gasteiger partial charge in [0, 0.05) is 24.0 Å². The predicted octanol–water partition coefficient (Wildman–Crippen LogP) is 3.40. The summed E-state index contributed by atoms with van der Waals surface area (Å²) in [4.78, 5) is 14.3. The number of piperidine rings is 3. The van der Waals surface area contributed by atoms with E-state index in [-0.39, 0.29) is 18.3 Å². The Labute approximate surface area is 118 Å². The van der Waals surface area contributed by atoms with Crippen molar-refractivity contribution in [2.75, 3.05) is 13.1 Å². The Morgan fingerprint density at radius 1 is 1.22 bits per heavy atom. The average Bonchev–Trinajstić information content (AvgIpc) is 2.36. The lowest BCUT2D eigenvalue weighted by Crippen LogP contribution is -2.45. The molecule has 4 rings (SSSR count). The van der Waals surface area contributed by atoms with Crippen molar-refractivity contribution in [3.63, 3.8) is 0 Å². The normalized spacial score (nSPS) is 21.3. The summed E-state index contributed by atoms with van der Waals surface area (Å²) in [5.41, 5.74) is 1.78. The third-order valence-electron chi connectivity index (χ3n) is 3.66. The van der Waals surface area contributed by atoms with Gasteiger partial charge in [-0.05, 0) is 30.5 Å². The highest BCUT2D eigenvalue weighted by atomic mass is 35.5. The Balaban J connectivity index is 0.00000120. The maximum absolute atomic E-state index is 12.1. The van der Waals surface area contributed by atoms with Crippen molar-refractivity contribution in [1.82, 2.24) is 4.90 Å². The van der Waals surface area contributed by atoms with E-state index in [0.29, 0.717) is 10.8 Å². The molecule has 0 spiro atoms. The second-order valence-electron chi connectivity index (χ2n) is 4.68. The molecule has 0 aromatic heterocycles. The second-order valence-corrected chi connectivity index (χ2v) is 5.08. The lowest BCUT2D eigenvalue weighted by atomic mass is 9.84. The first-order valence-electron chi connectivity index (χ1n) is 6.01. The Hall–Kier alpha value is -0.990. The van der Waals surface area contributed by atoms with Gasteiger partial charge in [0.1, 0.15) is 0 Å². The highest BCUT2D eigenvalue weighted by molar-refractivity contribution is 6.32. The molecule has 2 nitrogen and oxygen atoms in total. The van der Waals surface area contributed by atoms with Crippen LogP contribution >= 0.6 is 24.0 Å². The van der Waals surface area contributed by atoms with Crippen LogP contribution in [-0.2, 0) is 4.79 Å². The molecule has 0 saturated carbocycles. The molecular formula is C14H15Cl2NO. The molecule has 0 aliphatic carbocycles. The number of fused-ring (bicyclic) bond motifs is 3. The third-order valence-corrected chi connectivity index (χ3v) is 4.00. The van der Waals surface area contributed by atoms with Gasteiger partial charge in [-0.25, -0.2) is 0 Å². The molecular weight excluding hydrogens is 269 g/mol. The summed E-state index contributed by atoms with van der Waals surface area (Å²) in [7, 11) is 0. The predicted molar refractivity (Wildman–Crippen MR) is 76.0 cm³/mol. The fraction of sp³-hybridized carbons (Fsp3) is 0.357. The summed E-state index contributed by atoms with van der Waals surface area (Å²) < 4.78 is 0. The zero-order valence-corrected chi connectivity index (χ0v) is 11.5. The number of carbonyl (C=O) groups excluding carboxylic acids is 1. The number of hydrogen-bond acceptors (Lipinski definition) is 2.